The average Bonchev–Trinajstić information content (AvgIpc) is 3.00. The lowest BCUT2D eigenvalue weighted by molar-refractivity contribution is -0.144. The highest BCUT2D eigenvalue weighted by atomic mass is 35.5. The predicted molar refractivity (Wildman–Crippen MR) is 121 cm³/mol. The minimum absolute atomic E-state index is 0.216. The topological polar surface area (TPSA) is 76.1 Å². The molecule has 6 nitrogen and oxygen atoms in total. The molecule has 1 N–H and O–H groups in total. The molecule has 156 valence electrons. The standard InChI is InChI=1S/C21H18ClNO5S2/c1-12(20(25)26)23-19(24)18(30-21(23)29)10-13-7-8-16(17(9-13)27-2)28-11-14-5-3-4-6-15(14)22/h3-10,12H,11H2,1-2H3,(H,25,26)/b18-10-/t12-/m0/s1. The van der Waals surface area contributed by atoms with Crippen LogP contribution in [0.1, 0.15) is 18.1 Å². The summed E-state index contributed by atoms with van der Waals surface area (Å²) in [5.74, 6) is -0.529. The van der Waals surface area contributed by atoms with Gasteiger partial charge in [-0.2, -0.15) is 0 Å². The highest BCUT2D eigenvalue weighted by molar-refractivity contribution is 8.26. The Morgan fingerprint density at radius 1 is 1.30 bits per heavy atom. The van der Waals surface area contributed by atoms with Crippen molar-refractivity contribution in [3.05, 3.63) is 63.5 Å². The number of nitrogens with zero attached hydrogens (tertiary/aromatic N) is 1. The number of aliphatic carboxylic acids is 1. The number of ether oxygens (including phenoxy) is 2. The Kier molecular flexibility index (Phi) is 7.02. The Morgan fingerprint density at radius 2 is 2.03 bits per heavy atom. The van der Waals surface area contributed by atoms with Crippen molar-refractivity contribution in [3.8, 4) is 11.5 Å². The molecule has 1 saturated heterocycles. The summed E-state index contributed by atoms with van der Waals surface area (Å²) >= 11 is 12.4. The number of thiocarbonyl (C=S) groups is 1. The van der Waals surface area contributed by atoms with Crippen LogP contribution in [0.5, 0.6) is 11.5 Å². The van der Waals surface area contributed by atoms with E-state index < -0.39 is 17.9 Å². The number of halogens is 1. The number of carboxylic acid groups (broad SMARTS) is 1. The van der Waals surface area contributed by atoms with E-state index in [1.54, 1.807) is 30.3 Å². The molecule has 0 radical (unpaired) electrons. The van der Waals surface area contributed by atoms with Gasteiger partial charge in [-0.1, -0.05) is 59.8 Å². The van der Waals surface area contributed by atoms with Gasteiger partial charge in [0, 0.05) is 10.6 Å². The number of methoxy groups -OCH3 is 1. The molecule has 1 aliphatic rings. The van der Waals surface area contributed by atoms with Crippen molar-refractivity contribution in [2.45, 2.75) is 19.6 Å². The maximum atomic E-state index is 12.6. The van der Waals surface area contributed by atoms with Crippen molar-refractivity contribution in [1.82, 2.24) is 4.90 Å². The molecule has 1 heterocycles. The first-order chi connectivity index (χ1) is 14.3. The lowest BCUT2D eigenvalue weighted by Gasteiger charge is -2.18. The second kappa shape index (κ2) is 9.51. The van der Waals surface area contributed by atoms with Gasteiger partial charge in [0.15, 0.2) is 11.5 Å². The average molecular weight is 464 g/mol. The van der Waals surface area contributed by atoms with Gasteiger partial charge in [-0.25, -0.2) is 4.79 Å². The van der Waals surface area contributed by atoms with Crippen LogP contribution < -0.4 is 9.47 Å². The Balaban J connectivity index is 1.79. The molecule has 1 amide bonds. The summed E-state index contributed by atoms with van der Waals surface area (Å²) in [6.45, 7) is 1.70. The van der Waals surface area contributed by atoms with Crippen LogP contribution in [0, 0.1) is 0 Å². The highest BCUT2D eigenvalue weighted by Gasteiger charge is 2.38. The zero-order chi connectivity index (χ0) is 21.8. The Bertz CT molecular complexity index is 1040. The molecule has 0 aliphatic carbocycles. The smallest absolute Gasteiger partial charge is 0.326 e. The molecule has 0 bridgehead atoms. The number of rotatable bonds is 7. The van der Waals surface area contributed by atoms with Crippen LogP contribution in [0.2, 0.25) is 5.02 Å². The number of benzene rings is 2. The minimum Gasteiger partial charge on any atom is -0.493 e. The first kappa shape index (κ1) is 22.1. The summed E-state index contributed by atoms with van der Waals surface area (Å²) in [7, 11) is 1.52. The van der Waals surface area contributed by atoms with E-state index >= 15 is 0 Å². The van der Waals surface area contributed by atoms with E-state index in [-0.39, 0.29) is 10.9 Å². The molecule has 0 saturated carbocycles. The molecule has 1 aliphatic heterocycles. The Hall–Kier alpha value is -2.55. The van der Waals surface area contributed by atoms with Gasteiger partial charge in [0.2, 0.25) is 0 Å². The number of carbonyl (C=O) groups is 2. The molecule has 3 rings (SSSR count). The van der Waals surface area contributed by atoms with Gasteiger partial charge >= 0.3 is 5.97 Å². The van der Waals surface area contributed by atoms with E-state index in [0.29, 0.717) is 27.0 Å². The third-order valence-corrected chi connectivity index (χ3v) is 6.09. The largest absolute Gasteiger partial charge is 0.493 e. The highest BCUT2D eigenvalue weighted by Crippen LogP contribution is 2.36. The molecular formula is C21H18ClNO5S2. The molecule has 0 aromatic heterocycles. The van der Waals surface area contributed by atoms with Crippen LogP contribution >= 0.6 is 35.6 Å². The SMILES string of the molecule is COc1cc(/C=C2\SC(=S)N([C@@H](C)C(=O)O)C2=O)ccc1OCc1ccccc1Cl. The molecule has 2 aromatic carbocycles. The molecule has 9 heteroatoms. The fourth-order valence-electron chi connectivity index (χ4n) is 2.74. The van der Waals surface area contributed by atoms with Gasteiger partial charge in [-0.05, 0) is 36.8 Å². The van der Waals surface area contributed by atoms with Crippen LogP contribution in [0.4, 0.5) is 0 Å². The zero-order valence-corrected chi connectivity index (χ0v) is 18.5. The Morgan fingerprint density at radius 3 is 2.70 bits per heavy atom. The fourth-order valence-corrected chi connectivity index (χ4v) is 4.35. The zero-order valence-electron chi connectivity index (χ0n) is 16.1. The maximum absolute atomic E-state index is 12.6. The first-order valence-corrected chi connectivity index (χ1v) is 10.5. The molecule has 0 unspecified atom stereocenters. The van der Waals surface area contributed by atoms with E-state index in [9.17, 15) is 14.7 Å². The molecule has 0 spiro atoms. The second-order valence-corrected chi connectivity index (χ2v) is 8.44. The van der Waals surface area contributed by atoms with Crippen LogP contribution in [0.15, 0.2) is 47.4 Å². The monoisotopic (exact) mass is 463 g/mol. The number of hydrogen-bond donors (Lipinski definition) is 1. The lowest BCUT2D eigenvalue weighted by atomic mass is 10.1. The van der Waals surface area contributed by atoms with Crippen molar-refractivity contribution in [3.63, 3.8) is 0 Å². The summed E-state index contributed by atoms with van der Waals surface area (Å²) in [5, 5.41) is 9.80. The summed E-state index contributed by atoms with van der Waals surface area (Å²) < 4.78 is 11.5. The summed E-state index contributed by atoms with van der Waals surface area (Å²) in [5.41, 5.74) is 1.54. The third kappa shape index (κ3) is 4.77. The van der Waals surface area contributed by atoms with Gasteiger partial charge in [-0.15, -0.1) is 0 Å². The number of hydrogen-bond acceptors (Lipinski definition) is 6. The normalized spacial score (nSPS) is 16.1. The minimum atomic E-state index is -1.12. The fraction of sp³-hybridized carbons (Fsp3) is 0.190. The molecule has 1 atom stereocenters. The predicted octanol–water partition coefficient (Wildman–Crippen LogP) is 4.60. The summed E-state index contributed by atoms with van der Waals surface area (Å²) in [6.07, 6.45) is 1.65. The first-order valence-electron chi connectivity index (χ1n) is 8.86. The lowest BCUT2D eigenvalue weighted by Crippen LogP contribution is -2.41. The van der Waals surface area contributed by atoms with Crippen molar-refractivity contribution in [2.75, 3.05) is 7.11 Å². The van der Waals surface area contributed by atoms with Gasteiger partial charge in [0.1, 0.15) is 17.0 Å². The third-order valence-electron chi connectivity index (χ3n) is 4.39. The van der Waals surface area contributed by atoms with Crippen molar-refractivity contribution < 1.29 is 24.2 Å². The van der Waals surface area contributed by atoms with Crippen LogP contribution in [-0.4, -0.2) is 39.4 Å². The number of carboxylic acids is 1. The van der Waals surface area contributed by atoms with Crippen molar-refractivity contribution in [2.24, 2.45) is 0 Å². The van der Waals surface area contributed by atoms with Crippen molar-refractivity contribution in [1.29, 1.82) is 0 Å². The van der Waals surface area contributed by atoms with Crippen molar-refractivity contribution >= 4 is 57.9 Å². The Labute approximate surface area is 188 Å². The summed E-state index contributed by atoms with van der Waals surface area (Å²) in [4.78, 5) is 25.3. The molecule has 1 fully saturated rings. The van der Waals surface area contributed by atoms with E-state index in [4.69, 9.17) is 33.3 Å². The van der Waals surface area contributed by atoms with E-state index in [1.165, 1.54) is 14.0 Å². The van der Waals surface area contributed by atoms with Gasteiger partial charge in [0.05, 0.1) is 12.0 Å². The van der Waals surface area contributed by atoms with Crippen LogP contribution in [-0.2, 0) is 16.2 Å². The van der Waals surface area contributed by atoms with Crippen LogP contribution in [0.3, 0.4) is 0 Å². The van der Waals surface area contributed by atoms with E-state index in [0.717, 1.165) is 22.2 Å². The maximum Gasteiger partial charge on any atom is 0.326 e. The molecule has 30 heavy (non-hydrogen) atoms. The van der Waals surface area contributed by atoms with Gasteiger partial charge < -0.3 is 14.6 Å². The van der Waals surface area contributed by atoms with Gasteiger partial charge in [0.25, 0.3) is 5.91 Å². The molecule has 2 aromatic rings. The van der Waals surface area contributed by atoms with Crippen LogP contribution in [0.25, 0.3) is 6.08 Å². The van der Waals surface area contributed by atoms with E-state index in [2.05, 4.69) is 0 Å². The number of carbonyl (C=O) groups excluding carboxylic acids is 1. The number of thioether (sulfide) groups is 1. The molecular weight excluding hydrogens is 446 g/mol. The van der Waals surface area contributed by atoms with Gasteiger partial charge in [-0.3, -0.25) is 9.69 Å². The van der Waals surface area contributed by atoms with E-state index in [1.807, 2.05) is 18.2 Å². The second-order valence-electron chi connectivity index (χ2n) is 6.36. The summed E-state index contributed by atoms with van der Waals surface area (Å²) in [6, 6.07) is 11.6. The number of amides is 1. The quantitative estimate of drug-likeness (QED) is 0.475.